The average Bonchev–Trinajstić information content (AvgIpc) is 2.42. The summed E-state index contributed by atoms with van der Waals surface area (Å²) in [6.45, 7) is 7.18. The van der Waals surface area contributed by atoms with Crippen LogP contribution in [0.5, 0.6) is 11.5 Å². The summed E-state index contributed by atoms with van der Waals surface area (Å²) < 4.78 is 10.8. The number of rotatable bonds is 8. The Balaban J connectivity index is 2.35. The van der Waals surface area contributed by atoms with E-state index in [4.69, 9.17) is 9.47 Å². The van der Waals surface area contributed by atoms with E-state index in [2.05, 4.69) is 26.1 Å². The molecule has 0 aliphatic heterocycles. The molecule has 4 nitrogen and oxygen atoms in total. The number of hydrogen-bond donors (Lipinski definition) is 2. The fraction of sp³-hybridized carbons (Fsp3) is 0.600. The first-order valence-corrected chi connectivity index (χ1v) is 6.71. The van der Waals surface area contributed by atoms with Gasteiger partial charge in [-0.15, -0.1) is 0 Å². The second-order valence-corrected chi connectivity index (χ2v) is 5.06. The molecule has 0 saturated heterocycles. The van der Waals surface area contributed by atoms with Gasteiger partial charge in [-0.1, -0.05) is 26.0 Å². The number of nitrogens with one attached hydrogen (secondary N) is 1. The lowest BCUT2D eigenvalue weighted by Gasteiger charge is -2.20. The van der Waals surface area contributed by atoms with Crippen LogP contribution in [0.25, 0.3) is 0 Å². The van der Waals surface area contributed by atoms with Crippen molar-refractivity contribution in [2.45, 2.75) is 32.9 Å². The Bertz CT molecular complexity index is 368. The highest BCUT2D eigenvalue weighted by molar-refractivity contribution is 5.39. The number of para-hydroxylation sites is 2. The molecule has 19 heavy (non-hydrogen) atoms. The summed E-state index contributed by atoms with van der Waals surface area (Å²) in [5.74, 6) is 1.88. The molecule has 2 N–H and O–H groups in total. The molecule has 0 aromatic heterocycles. The van der Waals surface area contributed by atoms with Crippen LogP contribution in [0.3, 0.4) is 0 Å². The molecule has 2 unspecified atom stereocenters. The van der Waals surface area contributed by atoms with E-state index in [1.165, 1.54) is 0 Å². The Hall–Kier alpha value is -1.26. The zero-order valence-electron chi connectivity index (χ0n) is 12.2. The minimum atomic E-state index is -0.536. The van der Waals surface area contributed by atoms with Crippen molar-refractivity contribution >= 4 is 0 Å². The summed E-state index contributed by atoms with van der Waals surface area (Å²) in [7, 11) is 1.60. The maximum absolute atomic E-state index is 9.88. The van der Waals surface area contributed by atoms with Crippen LogP contribution in [-0.4, -0.2) is 37.5 Å². The van der Waals surface area contributed by atoms with Crippen LogP contribution in [-0.2, 0) is 0 Å². The van der Waals surface area contributed by atoms with Crippen molar-refractivity contribution in [3.8, 4) is 11.5 Å². The van der Waals surface area contributed by atoms with E-state index in [9.17, 15) is 5.11 Å². The van der Waals surface area contributed by atoms with Gasteiger partial charge in [0.15, 0.2) is 11.5 Å². The number of methoxy groups -OCH3 is 1. The van der Waals surface area contributed by atoms with Crippen molar-refractivity contribution in [3.05, 3.63) is 24.3 Å². The van der Waals surface area contributed by atoms with Gasteiger partial charge < -0.3 is 19.9 Å². The normalized spacial score (nSPS) is 14.2. The fourth-order valence-corrected chi connectivity index (χ4v) is 1.54. The molecule has 4 heteroatoms. The number of aliphatic hydroxyl groups excluding tert-OH is 1. The maximum atomic E-state index is 9.88. The lowest BCUT2D eigenvalue weighted by molar-refractivity contribution is 0.101. The first kappa shape index (κ1) is 15.8. The molecule has 0 aliphatic rings. The van der Waals surface area contributed by atoms with E-state index in [0.717, 1.165) is 0 Å². The summed E-state index contributed by atoms with van der Waals surface area (Å²) in [5.41, 5.74) is 0. The van der Waals surface area contributed by atoms with Crippen LogP contribution in [0, 0.1) is 5.92 Å². The third-order valence-electron chi connectivity index (χ3n) is 3.18. The van der Waals surface area contributed by atoms with Gasteiger partial charge in [0.1, 0.15) is 12.7 Å². The molecule has 108 valence electrons. The van der Waals surface area contributed by atoms with Crippen molar-refractivity contribution in [2.75, 3.05) is 20.3 Å². The topological polar surface area (TPSA) is 50.7 Å². The van der Waals surface area contributed by atoms with E-state index < -0.39 is 6.10 Å². The summed E-state index contributed by atoms with van der Waals surface area (Å²) in [6.07, 6.45) is -0.536. The van der Waals surface area contributed by atoms with Gasteiger partial charge in [0.05, 0.1) is 7.11 Å². The van der Waals surface area contributed by atoms with Gasteiger partial charge in [-0.3, -0.25) is 0 Å². The van der Waals surface area contributed by atoms with E-state index in [1.54, 1.807) is 7.11 Å². The number of hydrogen-bond acceptors (Lipinski definition) is 4. The zero-order valence-corrected chi connectivity index (χ0v) is 12.2. The minimum Gasteiger partial charge on any atom is -0.493 e. The molecule has 0 bridgehead atoms. The Morgan fingerprint density at radius 1 is 1.16 bits per heavy atom. The Morgan fingerprint density at radius 2 is 1.79 bits per heavy atom. The standard InChI is InChI=1S/C15H25NO3/c1-11(2)12(3)16-9-13(17)10-19-15-8-6-5-7-14(15)18-4/h5-8,11-13,16-17H,9-10H2,1-4H3. The zero-order chi connectivity index (χ0) is 14.3. The van der Waals surface area contributed by atoms with Crippen LogP contribution in [0.15, 0.2) is 24.3 Å². The van der Waals surface area contributed by atoms with Crippen LogP contribution in [0.2, 0.25) is 0 Å². The van der Waals surface area contributed by atoms with Gasteiger partial charge in [0.2, 0.25) is 0 Å². The number of ether oxygens (including phenoxy) is 2. The second kappa shape index (κ2) is 8.02. The summed E-state index contributed by atoms with van der Waals surface area (Å²) in [4.78, 5) is 0. The minimum absolute atomic E-state index is 0.248. The average molecular weight is 267 g/mol. The Morgan fingerprint density at radius 3 is 2.37 bits per heavy atom. The summed E-state index contributed by atoms with van der Waals surface area (Å²) in [5, 5.41) is 13.2. The van der Waals surface area contributed by atoms with Gasteiger partial charge in [0.25, 0.3) is 0 Å². The summed E-state index contributed by atoms with van der Waals surface area (Å²) in [6, 6.07) is 7.80. The van der Waals surface area contributed by atoms with Crippen molar-refractivity contribution in [1.82, 2.24) is 5.32 Å². The van der Waals surface area contributed by atoms with E-state index in [-0.39, 0.29) is 6.61 Å². The molecule has 0 amide bonds. The molecule has 0 spiro atoms. The quantitative estimate of drug-likeness (QED) is 0.757. The smallest absolute Gasteiger partial charge is 0.161 e. The van der Waals surface area contributed by atoms with E-state index in [1.807, 2.05) is 24.3 Å². The highest BCUT2D eigenvalue weighted by atomic mass is 16.5. The molecule has 0 heterocycles. The second-order valence-electron chi connectivity index (χ2n) is 5.06. The molecular weight excluding hydrogens is 242 g/mol. The third kappa shape index (κ3) is 5.49. The van der Waals surface area contributed by atoms with Crippen LogP contribution in [0.4, 0.5) is 0 Å². The van der Waals surface area contributed by atoms with Gasteiger partial charge >= 0.3 is 0 Å². The maximum Gasteiger partial charge on any atom is 0.161 e. The van der Waals surface area contributed by atoms with Gasteiger partial charge in [0, 0.05) is 12.6 Å². The van der Waals surface area contributed by atoms with Gasteiger partial charge in [-0.2, -0.15) is 0 Å². The molecule has 0 radical (unpaired) electrons. The van der Waals surface area contributed by atoms with Crippen molar-refractivity contribution < 1.29 is 14.6 Å². The lowest BCUT2D eigenvalue weighted by atomic mass is 10.1. The van der Waals surface area contributed by atoms with Crippen molar-refractivity contribution in [3.63, 3.8) is 0 Å². The first-order chi connectivity index (χ1) is 9.04. The number of benzene rings is 1. The third-order valence-corrected chi connectivity index (χ3v) is 3.18. The SMILES string of the molecule is COc1ccccc1OCC(O)CNC(C)C(C)C. The molecule has 0 aliphatic carbocycles. The molecule has 0 fully saturated rings. The monoisotopic (exact) mass is 267 g/mol. The van der Waals surface area contributed by atoms with Crippen molar-refractivity contribution in [2.24, 2.45) is 5.92 Å². The van der Waals surface area contributed by atoms with Crippen LogP contribution >= 0.6 is 0 Å². The lowest BCUT2D eigenvalue weighted by Crippen LogP contribution is -2.38. The molecule has 1 aromatic carbocycles. The molecule has 0 saturated carbocycles. The fourth-order valence-electron chi connectivity index (χ4n) is 1.54. The molecule has 1 aromatic rings. The number of aliphatic hydroxyl groups is 1. The predicted octanol–water partition coefficient (Wildman–Crippen LogP) is 2.07. The van der Waals surface area contributed by atoms with Crippen molar-refractivity contribution in [1.29, 1.82) is 0 Å². The van der Waals surface area contributed by atoms with Crippen LogP contribution < -0.4 is 14.8 Å². The highest BCUT2D eigenvalue weighted by Crippen LogP contribution is 2.25. The predicted molar refractivity (Wildman–Crippen MR) is 76.8 cm³/mol. The molecular formula is C15H25NO3. The van der Waals surface area contributed by atoms with Gasteiger partial charge in [-0.25, -0.2) is 0 Å². The summed E-state index contributed by atoms with van der Waals surface area (Å²) >= 11 is 0. The van der Waals surface area contributed by atoms with E-state index >= 15 is 0 Å². The molecule has 1 rings (SSSR count). The Labute approximate surface area is 115 Å². The highest BCUT2D eigenvalue weighted by Gasteiger charge is 2.11. The van der Waals surface area contributed by atoms with Crippen LogP contribution in [0.1, 0.15) is 20.8 Å². The van der Waals surface area contributed by atoms with E-state index in [0.29, 0.717) is 30.0 Å². The Kier molecular flexibility index (Phi) is 6.67. The molecule has 2 atom stereocenters. The largest absolute Gasteiger partial charge is 0.493 e. The first-order valence-electron chi connectivity index (χ1n) is 6.71. The van der Waals surface area contributed by atoms with Gasteiger partial charge in [-0.05, 0) is 25.0 Å².